The van der Waals surface area contributed by atoms with Crippen LogP contribution in [-0.2, 0) is 171 Å². The summed E-state index contributed by atoms with van der Waals surface area (Å²) in [6, 6.07) is 12.8. The van der Waals surface area contributed by atoms with Crippen LogP contribution in [0.15, 0.2) is 58.3 Å². The lowest BCUT2D eigenvalue weighted by Crippen LogP contribution is -2.66. The Bertz CT molecular complexity index is 3440. The van der Waals surface area contributed by atoms with E-state index in [1.807, 2.05) is 0 Å². The fourth-order valence-electron chi connectivity index (χ4n) is 12.0. The lowest BCUT2D eigenvalue weighted by Gasteiger charge is -2.48. The van der Waals surface area contributed by atoms with Crippen molar-refractivity contribution in [3.63, 3.8) is 0 Å². The highest BCUT2D eigenvalue weighted by Crippen LogP contribution is 2.43. The first-order chi connectivity index (χ1) is 52.8. The Morgan fingerprint density at radius 1 is 0.277 bits per heavy atom. The van der Waals surface area contributed by atoms with E-state index in [2.05, 4.69) is 10.6 Å². The van der Waals surface area contributed by atoms with Crippen LogP contribution in [0.5, 0.6) is 0 Å². The maximum atomic E-state index is 13.2. The molecule has 6 rings (SSSR count). The van der Waals surface area contributed by atoms with Gasteiger partial charge in [-0.05, 0) is 61.4 Å². The Hall–Kier alpha value is -9.58. The number of rotatable bonds is 35. The molecule has 4 aliphatic heterocycles. The summed E-state index contributed by atoms with van der Waals surface area (Å²) < 4.78 is 116. The van der Waals surface area contributed by atoms with Gasteiger partial charge in [-0.1, -0.05) is 36.4 Å². The Morgan fingerprint density at radius 3 is 0.768 bits per heavy atom. The maximum Gasteiger partial charge on any atom is 0.303 e. The zero-order chi connectivity index (χ0) is 82.8. The number of carbonyl (C=O) groups is 16. The summed E-state index contributed by atoms with van der Waals surface area (Å²) in [5.41, 5.74) is -1.76. The Balaban J connectivity index is 1.07. The standard InChI is InChI=1S/C72H92N2O36S2/c1-33(75)91-29-51-57(95-37(5)79)61(97-39(7)81)65(101-43(11)85)69(105-51)109-59-53(31-93-35(3)77)107-71(67(103-45(13)87)63(59)99-41(9)83)111-49-25-21-47(22-26-49)73-55(89)19-17-15-16-18-20-56(90)74-48-23-27-50(28-24-48)112-72-68(104-46(14)88)64(100-42(10)84)60(54(108-72)32-94-36(4)78)110-70-66(102-44(12)86)62(98-40(8)82)58(96-38(6)80)52(106-70)30-92-34(2)76/h21-28,51-54,57-72H,15-20,29-32H2,1-14H3,(H,73,89)(H,74,90)/t51-,52-,53-,54-,57-,58-,59-,60-,61+,62+,63+,64+,65-,66-,67-,68-,69-,70-,71+,72+/m1/s1. The summed E-state index contributed by atoms with van der Waals surface area (Å²) in [5, 5.41) is 5.66. The number of benzene rings is 2. The largest absolute Gasteiger partial charge is 0.463 e. The molecule has 0 saturated carbocycles. The molecule has 0 aromatic heterocycles. The number of hydrogen-bond acceptors (Lipinski definition) is 38. The first kappa shape index (κ1) is 91.3. The second kappa shape index (κ2) is 44.0. The quantitative estimate of drug-likeness (QED) is 0.0559. The fourth-order valence-corrected chi connectivity index (χ4v) is 14.2. The summed E-state index contributed by atoms with van der Waals surface area (Å²) in [7, 11) is 0. The second-order valence-electron chi connectivity index (χ2n) is 25.6. The molecular formula is C72H92N2O36S2. The van der Waals surface area contributed by atoms with Crippen LogP contribution in [0.3, 0.4) is 0 Å². The third-order valence-corrected chi connectivity index (χ3v) is 18.4. The number of carbonyl (C=O) groups excluding carboxylic acids is 16. The van der Waals surface area contributed by atoms with E-state index in [-0.39, 0.29) is 24.7 Å². The van der Waals surface area contributed by atoms with Crippen LogP contribution in [0.4, 0.5) is 11.4 Å². The molecule has 4 heterocycles. The molecule has 0 radical (unpaired) electrons. The molecule has 4 aliphatic rings. The molecule has 2 amide bonds. The summed E-state index contributed by atoms with van der Waals surface area (Å²) >= 11 is 1.95. The van der Waals surface area contributed by atoms with Crippen molar-refractivity contribution in [2.24, 2.45) is 0 Å². The molecule has 2 aromatic carbocycles. The van der Waals surface area contributed by atoms with Gasteiger partial charge in [0.05, 0.1) is 0 Å². The number of unbranched alkanes of at least 4 members (excludes halogenated alkanes) is 3. The van der Waals surface area contributed by atoms with Crippen LogP contribution in [0.2, 0.25) is 0 Å². The minimum Gasteiger partial charge on any atom is -0.463 e. The van der Waals surface area contributed by atoms with Gasteiger partial charge in [0, 0.05) is 131 Å². The average Bonchev–Trinajstić information content (AvgIpc) is 0.769. The number of hydrogen-bond donors (Lipinski definition) is 2. The number of anilines is 2. The highest BCUT2D eigenvalue weighted by Gasteiger charge is 2.60. The highest BCUT2D eigenvalue weighted by molar-refractivity contribution is 8.00. The van der Waals surface area contributed by atoms with E-state index in [0.717, 1.165) is 120 Å². The SMILES string of the molecule is CC(=O)OC[C@H]1O[C@@H](Sc2ccc(NC(=O)CCCCCCC(=O)Nc3ccc(S[C@@H]4O[C@H](COC(C)=O)[C@@H](O[C@H]5O[C@H](COC(C)=O)[C@@H](OC(C)=O)[C@H](OC(C)=O)[C@H]5OC(C)=O)[C@H](OC(C)=O)[C@H]4OC(C)=O)cc3)cc2)[C@H](OC(C)=O)[C@@H](OC(C)=O)[C@@H]1O[C@H]1O[C@H](COC(C)=O)[C@@H](OC(C)=O)[C@H](OC(C)=O)[C@H]1OC(C)=O. The van der Waals surface area contributed by atoms with Crippen molar-refractivity contribution in [2.45, 2.75) is 266 Å². The van der Waals surface area contributed by atoms with Crippen molar-refractivity contribution < 1.29 is 171 Å². The average molecular weight is 1630 g/mol. The van der Waals surface area contributed by atoms with Crippen LogP contribution >= 0.6 is 23.5 Å². The van der Waals surface area contributed by atoms with Crippen LogP contribution in [0.25, 0.3) is 0 Å². The van der Waals surface area contributed by atoms with E-state index < -0.39 is 231 Å². The van der Waals surface area contributed by atoms with Crippen molar-refractivity contribution in [3.05, 3.63) is 48.5 Å². The van der Waals surface area contributed by atoms with Gasteiger partial charge in [-0.15, -0.1) is 0 Å². The third kappa shape index (κ3) is 29.5. The second-order valence-corrected chi connectivity index (χ2v) is 28.0. The molecule has 2 aromatic rings. The highest BCUT2D eigenvalue weighted by atomic mass is 32.2. The van der Waals surface area contributed by atoms with Crippen LogP contribution in [-0.4, -0.2) is 243 Å². The van der Waals surface area contributed by atoms with Crippen molar-refractivity contribution in [1.29, 1.82) is 0 Å². The van der Waals surface area contributed by atoms with E-state index in [9.17, 15) is 76.7 Å². The van der Waals surface area contributed by atoms with Gasteiger partial charge < -0.3 is 105 Å². The maximum absolute atomic E-state index is 13.2. The van der Waals surface area contributed by atoms with Crippen LogP contribution in [0, 0.1) is 0 Å². The molecule has 20 atom stereocenters. The van der Waals surface area contributed by atoms with E-state index in [4.69, 9.17) is 94.7 Å². The van der Waals surface area contributed by atoms with Gasteiger partial charge in [0.2, 0.25) is 11.8 Å². The van der Waals surface area contributed by atoms with Gasteiger partial charge in [0.25, 0.3) is 0 Å². The van der Waals surface area contributed by atoms with Gasteiger partial charge in [-0.2, -0.15) is 0 Å². The van der Waals surface area contributed by atoms with Gasteiger partial charge >= 0.3 is 83.6 Å². The molecule has 112 heavy (non-hydrogen) atoms. The lowest BCUT2D eigenvalue weighted by atomic mass is 9.96. The number of nitrogens with one attached hydrogen (secondary N) is 2. The lowest BCUT2D eigenvalue weighted by molar-refractivity contribution is -0.341. The minimum absolute atomic E-state index is 0.113. The molecule has 0 aliphatic carbocycles. The third-order valence-electron chi connectivity index (χ3n) is 16.1. The van der Waals surface area contributed by atoms with Gasteiger partial charge in [-0.3, -0.25) is 76.7 Å². The fraction of sp³-hybridized carbons (Fsp3) is 0.611. The molecule has 618 valence electrons. The van der Waals surface area contributed by atoms with E-state index in [1.165, 1.54) is 0 Å². The number of ether oxygens (including phenoxy) is 20. The van der Waals surface area contributed by atoms with Crippen molar-refractivity contribution in [2.75, 3.05) is 37.1 Å². The normalized spacial score (nSPS) is 27.2. The molecule has 2 N–H and O–H groups in total. The van der Waals surface area contributed by atoms with Crippen LogP contribution < -0.4 is 10.6 Å². The predicted molar refractivity (Wildman–Crippen MR) is 376 cm³/mol. The smallest absolute Gasteiger partial charge is 0.303 e. The zero-order valence-electron chi connectivity index (χ0n) is 63.8. The number of esters is 14. The van der Waals surface area contributed by atoms with Gasteiger partial charge in [-0.25, -0.2) is 0 Å². The molecule has 4 fully saturated rings. The molecular weight excluding hydrogens is 1530 g/mol. The molecule has 0 unspecified atom stereocenters. The van der Waals surface area contributed by atoms with Crippen molar-refractivity contribution >= 4 is 130 Å². The van der Waals surface area contributed by atoms with E-state index in [1.54, 1.807) is 48.5 Å². The Labute approximate surface area is 651 Å². The monoisotopic (exact) mass is 1620 g/mol. The summed E-state index contributed by atoms with van der Waals surface area (Å²) in [4.78, 5) is 203. The van der Waals surface area contributed by atoms with Crippen molar-refractivity contribution in [3.8, 4) is 0 Å². The topological polar surface area (TPSA) is 482 Å². The number of thioether (sulfide) groups is 2. The molecule has 4 saturated heterocycles. The first-order valence-corrected chi connectivity index (χ1v) is 36.9. The van der Waals surface area contributed by atoms with E-state index in [0.29, 0.717) is 46.8 Å². The Morgan fingerprint density at radius 2 is 0.509 bits per heavy atom. The molecule has 38 nitrogen and oxygen atoms in total. The minimum atomic E-state index is -1.88. The molecule has 0 spiro atoms. The van der Waals surface area contributed by atoms with Crippen molar-refractivity contribution in [1.82, 2.24) is 0 Å². The predicted octanol–water partition coefficient (Wildman–Crippen LogP) is 4.03. The summed E-state index contributed by atoms with van der Waals surface area (Å²) in [6.07, 6.45) is -27.0. The number of amides is 2. The van der Waals surface area contributed by atoms with Gasteiger partial charge in [0.1, 0.15) is 73.9 Å². The van der Waals surface area contributed by atoms with E-state index >= 15 is 0 Å². The summed E-state index contributed by atoms with van der Waals surface area (Å²) in [6.45, 7) is 12.2. The zero-order valence-corrected chi connectivity index (χ0v) is 65.4. The van der Waals surface area contributed by atoms with Crippen LogP contribution in [0.1, 0.15) is 135 Å². The molecule has 40 heteroatoms. The van der Waals surface area contributed by atoms with Gasteiger partial charge in [0.15, 0.2) is 73.6 Å². The Kier molecular flexibility index (Phi) is 35.9. The first-order valence-electron chi connectivity index (χ1n) is 35.2. The summed E-state index contributed by atoms with van der Waals surface area (Å²) in [5.74, 6) is -13.0. The molecule has 0 bridgehead atoms.